The second-order valence-electron chi connectivity index (χ2n) is 15.3. The van der Waals surface area contributed by atoms with Crippen LogP contribution in [0.15, 0.2) is 48.6 Å². The van der Waals surface area contributed by atoms with Crippen LogP contribution in [0.3, 0.4) is 0 Å². The third-order valence-corrected chi connectivity index (χ3v) is 13.7. The number of amides is 1. The summed E-state index contributed by atoms with van der Waals surface area (Å²) in [6.45, 7) is 11.9. The molecule has 1 saturated carbocycles. The summed E-state index contributed by atoms with van der Waals surface area (Å²) in [6, 6.07) is 11.8. The summed E-state index contributed by atoms with van der Waals surface area (Å²) in [5.74, 6) is 0.281. The van der Waals surface area contributed by atoms with E-state index < -0.39 is 22.6 Å². The van der Waals surface area contributed by atoms with E-state index in [0.717, 1.165) is 61.8 Å². The summed E-state index contributed by atoms with van der Waals surface area (Å²) in [5.41, 5.74) is 3.26. The molecule has 2 aromatic rings. The van der Waals surface area contributed by atoms with E-state index in [1.54, 1.807) is 6.07 Å². The molecule has 1 aliphatic carbocycles. The number of halogens is 1. The van der Waals surface area contributed by atoms with Crippen LogP contribution in [0.25, 0.3) is 0 Å². The first kappa shape index (κ1) is 38.8. The highest BCUT2D eigenvalue weighted by Crippen LogP contribution is 2.47. The van der Waals surface area contributed by atoms with Crippen molar-refractivity contribution in [1.29, 1.82) is 0 Å². The van der Waals surface area contributed by atoms with Crippen molar-refractivity contribution in [2.45, 2.75) is 69.6 Å². The third kappa shape index (κ3) is 8.70. The van der Waals surface area contributed by atoms with Crippen molar-refractivity contribution >= 4 is 40.2 Å². The van der Waals surface area contributed by atoms with Gasteiger partial charge >= 0.3 is 5.97 Å². The van der Waals surface area contributed by atoms with Gasteiger partial charge in [-0.1, -0.05) is 50.1 Å². The van der Waals surface area contributed by atoms with Crippen LogP contribution in [0.4, 0.5) is 5.69 Å². The molecule has 10 nitrogen and oxygen atoms in total. The van der Waals surface area contributed by atoms with E-state index in [4.69, 9.17) is 21.1 Å². The Labute approximate surface area is 316 Å². The molecule has 2 aromatic carbocycles. The fourth-order valence-electron chi connectivity index (χ4n) is 8.52. The molecular weight excluding hydrogens is 700 g/mol. The van der Waals surface area contributed by atoms with Crippen LogP contribution in [-0.4, -0.2) is 108 Å². The Balaban J connectivity index is 1.36. The fourth-order valence-corrected chi connectivity index (χ4v) is 9.73. The third-order valence-electron chi connectivity index (χ3n) is 11.9. The Morgan fingerprint density at radius 2 is 1.87 bits per heavy atom. The number of allylic oxidation sites excluding steroid dienone is 1. The van der Waals surface area contributed by atoms with Gasteiger partial charge in [0.1, 0.15) is 22.3 Å². The molecule has 2 N–H and O–H groups in total. The van der Waals surface area contributed by atoms with E-state index >= 15 is 0 Å². The summed E-state index contributed by atoms with van der Waals surface area (Å²) in [7, 11) is 0.241. The van der Waals surface area contributed by atoms with Crippen LogP contribution >= 0.6 is 11.6 Å². The van der Waals surface area contributed by atoms with E-state index in [1.807, 2.05) is 37.1 Å². The average Bonchev–Trinajstić information content (AvgIpc) is 3.29. The van der Waals surface area contributed by atoms with Crippen molar-refractivity contribution in [3.8, 4) is 5.75 Å². The molecule has 6 rings (SSSR count). The lowest BCUT2D eigenvalue weighted by Crippen LogP contribution is -2.59. The first-order valence-corrected chi connectivity index (χ1v) is 20.5. The van der Waals surface area contributed by atoms with Crippen molar-refractivity contribution < 1.29 is 28.4 Å². The van der Waals surface area contributed by atoms with Gasteiger partial charge in [-0.05, 0) is 91.8 Å². The monoisotopic (exact) mass is 754 g/mol. The molecule has 0 radical (unpaired) electrons. The molecular formula is C40H55ClN4O6S. The Bertz CT molecular complexity index is 1650. The number of ether oxygens (including phenoxy) is 2. The number of aliphatic carboxylic acids is 1. The predicted molar refractivity (Wildman–Crippen MR) is 207 cm³/mol. The molecule has 4 aliphatic rings. The number of carbonyl (C=O) groups is 2. The minimum absolute atomic E-state index is 0.0509. The van der Waals surface area contributed by atoms with Gasteiger partial charge in [-0.3, -0.25) is 24.1 Å². The lowest BCUT2D eigenvalue weighted by molar-refractivity contribution is -0.139. The Morgan fingerprint density at radius 1 is 1.10 bits per heavy atom. The first-order valence-electron chi connectivity index (χ1n) is 18.9. The van der Waals surface area contributed by atoms with E-state index in [1.165, 1.54) is 11.1 Å². The molecule has 3 heterocycles. The number of hydrogen-bond acceptors (Lipinski definition) is 8. The number of nitrogens with one attached hydrogen (secondary N) is 1. The fraction of sp³-hybridized carbons (Fsp3) is 0.600. The minimum atomic E-state index is -1.58. The van der Waals surface area contributed by atoms with Gasteiger partial charge in [-0.15, -0.1) is 0 Å². The Morgan fingerprint density at radius 3 is 2.56 bits per heavy atom. The maximum Gasteiger partial charge on any atom is 0.317 e. The number of piperazine rings is 1. The molecule has 12 heteroatoms. The van der Waals surface area contributed by atoms with Gasteiger partial charge in [0.25, 0.3) is 5.91 Å². The SMILES string of the molecule is CCCc1cc(Cl)ccc1C1COc2ccc3cc2N(C1)CC1CCC1C(CN1CCN(CC(=O)O)CC1)(OC)/C=C/CC(C)C(C)S(=O)NC3=O. The van der Waals surface area contributed by atoms with Gasteiger partial charge in [0.15, 0.2) is 0 Å². The molecule has 2 bridgehead atoms. The number of anilines is 1. The van der Waals surface area contributed by atoms with Crippen molar-refractivity contribution in [3.05, 3.63) is 70.3 Å². The molecule has 52 heavy (non-hydrogen) atoms. The zero-order chi connectivity index (χ0) is 37.0. The average molecular weight is 755 g/mol. The highest BCUT2D eigenvalue weighted by Gasteiger charge is 2.48. The number of benzene rings is 2. The lowest BCUT2D eigenvalue weighted by atomic mass is 9.63. The number of fused-ring (bicyclic) bond motifs is 2. The maximum absolute atomic E-state index is 13.5. The standard InChI is InChI=1S/C40H55ClN4O6S/c1-5-7-29-20-33(41)11-12-34(29)32-23-45-22-31-9-13-35(31)40(50-4,26-44-18-16-43(17-19-44)24-38(46)47)15-6-8-27(2)28(3)52(49)42-39(48)30-10-14-37(51-25-32)36(45)21-30/h6,10-12,14-15,20-21,27-28,31-32,35H,5,7-9,13,16-19,22-26H2,1-4H3,(H,42,48)(H,46,47)/b15-6+. The molecule has 1 saturated heterocycles. The van der Waals surface area contributed by atoms with E-state index in [-0.39, 0.29) is 35.5 Å². The van der Waals surface area contributed by atoms with Crippen LogP contribution in [0.5, 0.6) is 5.75 Å². The number of carboxylic acids is 1. The summed E-state index contributed by atoms with van der Waals surface area (Å²) in [5, 5.41) is 9.81. The van der Waals surface area contributed by atoms with E-state index in [2.05, 4.69) is 52.7 Å². The highest BCUT2D eigenvalue weighted by atomic mass is 35.5. The molecule has 284 valence electrons. The second kappa shape index (κ2) is 17.0. The van der Waals surface area contributed by atoms with Crippen molar-refractivity contribution in [2.75, 3.05) is 71.0 Å². The number of rotatable bonds is 8. The summed E-state index contributed by atoms with van der Waals surface area (Å²) in [4.78, 5) is 31.8. The number of carboxylic acid groups (broad SMARTS) is 1. The number of aryl methyl sites for hydroxylation is 1. The quantitative estimate of drug-likeness (QED) is 0.325. The van der Waals surface area contributed by atoms with Gasteiger partial charge in [-0.2, -0.15) is 0 Å². The Kier molecular flexibility index (Phi) is 12.7. The molecule has 7 unspecified atom stereocenters. The summed E-state index contributed by atoms with van der Waals surface area (Å²) in [6.07, 6.45) is 9.17. The summed E-state index contributed by atoms with van der Waals surface area (Å²) >= 11 is 6.48. The van der Waals surface area contributed by atoms with Gasteiger partial charge in [0.2, 0.25) is 0 Å². The second-order valence-corrected chi connectivity index (χ2v) is 17.3. The topological polar surface area (TPSA) is 112 Å². The molecule has 1 amide bonds. The van der Waals surface area contributed by atoms with Crippen LogP contribution in [-0.2, 0) is 26.9 Å². The molecule has 0 aromatic heterocycles. The molecule has 2 fully saturated rings. The van der Waals surface area contributed by atoms with Gasteiger partial charge < -0.3 is 19.5 Å². The normalized spacial score (nSPS) is 31.0. The van der Waals surface area contributed by atoms with Crippen molar-refractivity contribution in [2.24, 2.45) is 17.8 Å². The van der Waals surface area contributed by atoms with Gasteiger partial charge in [0, 0.05) is 69.4 Å². The number of methoxy groups -OCH3 is 1. The van der Waals surface area contributed by atoms with Gasteiger partial charge in [0.05, 0.1) is 24.1 Å². The van der Waals surface area contributed by atoms with Crippen LogP contribution < -0.4 is 14.4 Å². The van der Waals surface area contributed by atoms with Crippen LogP contribution in [0.2, 0.25) is 5.02 Å². The minimum Gasteiger partial charge on any atom is -0.491 e. The highest BCUT2D eigenvalue weighted by molar-refractivity contribution is 7.84. The number of nitrogens with zero attached hydrogens (tertiary/aromatic N) is 3. The largest absolute Gasteiger partial charge is 0.491 e. The summed E-state index contributed by atoms with van der Waals surface area (Å²) < 4.78 is 29.4. The first-order chi connectivity index (χ1) is 25.0. The van der Waals surface area contributed by atoms with E-state index in [0.29, 0.717) is 50.7 Å². The predicted octanol–water partition coefficient (Wildman–Crippen LogP) is 5.77. The Hall–Kier alpha value is -2.96. The van der Waals surface area contributed by atoms with Crippen molar-refractivity contribution in [3.63, 3.8) is 0 Å². The number of hydrogen-bond donors (Lipinski definition) is 2. The number of carbonyl (C=O) groups excluding carboxylic acids is 1. The zero-order valence-electron chi connectivity index (χ0n) is 31.0. The van der Waals surface area contributed by atoms with Crippen LogP contribution in [0, 0.1) is 17.8 Å². The maximum atomic E-state index is 13.5. The smallest absolute Gasteiger partial charge is 0.317 e. The van der Waals surface area contributed by atoms with Crippen molar-refractivity contribution in [1.82, 2.24) is 14.5 Å². The zero-order valence-corrected chi connectivity index (χ0v) is 32.6. The van der Waals surface area contributed by atoms with E-state index in [9.17, 15) is 18.9 Å². The molecule has 3 aliphatic heterocycles. The molecule has 0 spiro atoms. The molecule has 7 atom stereocenters. The lowest BCUT2D eigenvalue weighted by Gasteiger charge is -2.52. The van der Waals surface area contributed by atoms with Gasteiger partial charge in [-0.25, -0.2) is 4.21 Å². The van der Waals surface area contributed by atoms with Crippen LogP contribution in [0.1, 0.15) is 73.9 Å².